The lowest BCUT2D eigenvalue weighted by Gasteiger charge is -2.56. The van der Waals surface area contributed by atoms with Gasteiger partial charge in [0, 0.05) is 55.4 Å². The lowest BCUT2D eigenvalue weighted by atomic mass is 9.74. The van der Waals surface area contributed by atoms with Gasteiger partial charge >= 0.3 is 0 Å². The fourth-order valence-corrected chi connectivity index (χ4v) is 5.44. The van der Waals surface area contributed by atoms with E-state index in [2.05, 4.69) is 41.3 Å². The van der Waals surface area contributed by atoms with Crippen molar-refractivity contribution >= 4 is 0 Å². The van der Waals surface area contributed by atoms with Crippen LogP contribution in [0.3, 0.4) is 0 Å². The van der Waals surface area contributed by atoms with E-state index in [9.17, 15) is 0 Å². The minimum absolute atomic E-state index is 0.277. The molecule has 4 heteroatoms. The average molecular weight is 321 g/mol. The van der Waals surface area contributed by atoms with Crippen molar-refractivity contribution in [2.75, 3.05) is 39.8 Å². The molecule has 4 nitrogen and oxygen atoms in total. The van der Waals surface area contributed by atoms with Gasteiger partial charge in [-0.15, -0.1) is 0 Å². The summed E-state index contributed by atoms with van der Waals surface area (Å²) in [6.45, 7) is 10.8. The van der Waals surface area contributed by atoms with Crippen molar-refractivity contribution in [2.24, 2.45) is 0 Å². The molecule has 1 atom stereocenters. The van der Waals surface area contributed by atoms with Gasteiger partial charge in [0.25, 0.3) is 0 Å². The molecule has 2 saturated carbocycles. The van der Waals surface area contributed by atoms with Crippen molar-refractivity contribution in [1.82, 2.24) is 20.4 Å². The first-order valence-corrected chi connectivity index (χ1v) is 9.88. The monoisotopic (exact) mass is 320 g/mol. The highest BCUT2D eigenvalue weighted by Crippen LogP contribution is 2.39. The average Bonchev–Trinajstić information content (AvgIpc) is 2.91. The second kappa shape index (κ2) is 5.69. The molecule has 2 heterocycles. The Balaban J connectivity index is 1.40. The number of piperazine rings is 2. The van der Waals surface area contributed by atoms with Gasteiger partial charge in [-0.2, -0.15) is 0 Å². The highest BCUT2D eigenvalue weighted by Gasteiger charge is 2.47. The SMILES string of the molecule is CN1CC(CN2CC3(CCCC3)NCC2(C)C)NCC12CCC2. The minimum atomic E-state index is 0.277. The number of rotatable bonds is 2. The Labute approximate surface area is 142 Å². The Bertz CT molecular complexity index is 437. The Morgan fingerprint density at radius 3 is 2.35 bits per heavy atom. The summed E-state index contributed by atoms with van der Waals surface area (Å²) in [6.07, 6.45) is 9.78. The number of likely N-dealkylation sites (N-methyl/N-ethyl adjacent to an activating group) is 1. The molecule has 0 aromatic rings. The molecule has 4 rings (SSSR count). The van der Waals surface area contributed by atoms with E-state index < -0.39 is 0 Å². The summed E-state index contributed by atoms with van der Waals surface area (Å²) in [6, 6.07) is 0.627. The molecule has 23 heavy (non-hydrogen) atoms. The van der Waals surface area contributed by atoms with Crippen molar-refractivity contribution < 1.29 is 0 Å². The third-order valence-electron chi connectivity index (χ3n) is 7.56. The first kappa shape index (κ1) is 16.3. The van der Waals surface area contributed by atoms with Gasteiger partial charge in [0.15, 0.2) is 0 Å². The van der Waals surface area contributed by atoms with E-state index in [0.717, 1.165) is 6.54 Å². The predicted molar refractivity (Wildman–Crippen MR) is 95.9 cm³/mol. The van der Waals surface area contributed by atoms with Gasteiger partial charge < -0.3 is 10.6 Å². The van der Waals surface area contributed by atoms with E-state index in [-0.39, 0.29) is 5.54 Å². The molecule has 0 aromatic carbocycles. The molecule has 132 valence electrons. The van der Waals surface area contributed by atoms with Gasteiger partial charge in [-0.1, -0.05) is 12.8 Å². The summed E-state index contributed by atoms with van der Waals surface area (Å²) in [5, 5.41) is 7.82. The number of nitrogens with zero attached hydrogens (tertiary/aromatic N) is 2. The van der Waals surface area contributed by atoms with E-state index in [0.29, 0.717) is 17.1 Å². The van der Waals surface area contributed by atoms with Gasteiger partial charge in [-0.05, 0) is 53.0 Å². The smallest absolute Gasteiger partial charge is 0.0331 e. The summed E-state index contributed by atoms with van der Waals surface area (Å²) in [5.74, 6) is 0. The molecule has 0 radical (unpaired) electrons. The second-order valence-corrected chi connectivity index (χ2v) is 9.57. The highest BCUT2D eigenvalue weighted by molar-refractivity contribution is 5.07. The molecule has 2 aliphatic heterocycles. The topological polar surface area (TPSA) is 30.5 Å². The van der Waals surface area contributed by atoms with Gasteiger partial charge in [-0.25, -0.2) is 0 Å². The zero-order valence-corrected chi connectivity index (χ0v) is 15.5. The van der Waals surface area contributed by atoms with Gasteiger partial charge in [-0.3, -0.25) is 9.80 Å². The van der Waals surface area contributed by atoms with Crippen molar-refractivity contribution in [1.29, 1.82) is 0 Å². The molecule has 1 unspecified atom stereocenters. The number of hydrogen-bond acceptors (Lipinski definition) is 4. The predicted octanol–water partition coefficient (Wildman–Crippen LogP) is 1.81. The second-order valence-electron chi connectivity index (χ2n) is 9.57. The molecule has 0 bridgehead atoms. The first-order chi connectivity index (χ1) is 10.9. The number of nitrogens with one attached hydrogen (secondary N) is 2. The first-order valence-electron chi connectivity index (χ1n) is 9.88. The maximum Gasteiger partial charge on any atom is 0.0331 e. The standard InChI is InChI=1S/C19H36N4/c1-17(2)13-21-18(7-4-5-8-18)15-23(17)12-16-11-22(3)19(14-20-16)9-6-10-19/h16,20-21H,4-15H2,1-3H3. The van der Waals surface area contributed by atoms with Crippen molar-refractivity contribution in [3.63, 3.8) is 0 Å². The van der Waals surface area contributed by atoms with Crippen LogP contribution in [-0.4, -0.2) is 72.2 Å². The van der Waals surface area contributed by atoms with Crippen LogP contribution in [0.2, 0.25) is 0 Å². The van der Waals surface area contributed by atoms with Gasteiger partial charge in [0.1, 0.15) is 0 Å². The summed E-state index contributed by atoms with van der Waals surface area (Å²) < 4.78 is 0. The van der Waals surface area contributed by atoms with Gasteiger partial charge in [0.05, 0.1) is 0 Å². The van der Waals surface area contributed by atoms with Gasteiger partial charge in [0.2, 0.25) is 0 Å². The molecule has 0 amide bonds. The lowest BCUT2D eigenvalue weighted by molar-refractivity contribution is -0.0253. The molecule has 0 aromatic heterocycles. The zero-order valence-electron chi connectivity index (χ0n) is 15.5. The molecular formula is C19H36N4. The van der Waals surface area contributed by atoms with Crippen LogP contribution >= 0.6 is 0 Å². The lowest BCUT2D eigenvalue weighted by Crippen LogP contribution is -2.72. The zero-order chi connectivity index (χ0) is 16.1. The maximum atomic E-state index is 3.92. The van der Waals surface area contributed by atoms with Crippen LogP contribution in [0, 0.1) is 0 Å². The van der Waals surface area contributed by atoms with Crippen LogP contribution in [-0.2, 0) is 0 Å². The minimum Gasteiger partial charge on any atom is -0.310 e. The molecule has 2 N–H and O–H groups in total. The van der Waals surface area contributed by atoms with Crippen LogP contribution in [0.25, 0.3) is 0 Å². The van der Waals surface area contributed by atoms with E-state index in [1.807, 2.05) is 0 Å². The number of hydrogen-bond donors (Lipinski definition) is 2. The Hall–Kier alpha value is -0.160. The summed E-state index contributed by atoms with van der Waals surface area (Å²) in [5.41, 5.74) is 1.20. The van der Waals surface area contributed by atoms with E-state index >= 15 is 0 Å². The van der Waals surface area contributed by atoms with Crippen molar-refractivity contribution in [3.05, 3.63) is 0 Å². The Kier molecular flexibility index (Phi) is 4.03. The summed E-state index contributed by atoms with van der Waals surface area (Å²) in [4.78, 5) is 5.46. The van der Waals surface area contributed by atoms with E-state index in [4.69, 9.17) is 0 Å². The fraction of sp³-hybridized carbons (Fsp3) is 1.00. The van der Waals surface area contributed by atoms with Crippen molar-refractivity contribution in [2.45, 2.75) is 81.5 Å². The van der Waals surface area contributed by atoms with Crippen LogP contribution < -0.4 is 10.6 Å². The van der Waals surface area contributed by atoms with E-state index in [1.165, 1.54) is 71.1 Å². The quantitative estimate of drug-likeness (QED) is 0.812. The summed E-state index contributed by atoms with van der Waals surface area (Å²) in [7, 11) is 2.36. The third kappa shape index (κ3) is 2.86. The van der Waals surface area contributed by atoms with Crippen LogP contribution in [0.4, 0.5) is 0 Å². The van der Waals surface area contributed by atoms with E-state index in [1.54, 1.807) is 0 Å². The van der Waals surface area contributed by atoms with Crippen LogP contribution in [0.5, 0.6) is 0 Å². The molecule has 2 aliphatic carbocycles. The Morgan fingerprint density at radius 2 is 1.74 bits per heavy atom. The maximum absolute atomic E-state index is 3.92. The van der Waals surface area contributed by atoms with Crippen LogP contribution in [0.1, 0.15) is 58.8 Å². The molecule has 4 fully saturated rings. The normalized spacial score (nSPS) is 36.4. The van der Waals surface area contributed by atoms with Crippen LogP contribution in [0.15, 0.2) is 0 Å². The largest absolute Gasteiger partial charge is 0.310 e. The Morgan fingerprint density at radius 1 is 1.00 bits per heavy atom. The molecule has 2 spiro atoms. The molecule has 2 saturated heterocycles. The third-order valence-corrected chi connectivity index (χ3v) is 7.56. The molecule has 4 aliphatic rings. The highest BCUT2D eigenvalue weighted by atomic mass is 15.3. The van der Waals surface area contributed by atoms with Crippen molar-refractivity contribution in [3.8, 4) is 0 Å². The fourth-order valence-electron chi connectivity index (χ4n) is 5.44. The molecular weight excluding hydrogens is 284 g/mol. The summed E-state index contributed by atoms with van der Waals surface area (Å²) >= 11 is 0.